The first-order valence-corrected chi connectivity index (χ1v) is 8.05. The Kier molecular flexibility index (Phi) is 3.96. The van der Waals surface area contributed by atoms with E-state index in [9.17, 15) is 5.26 Å². The maximum atomic E-state index is 9.61. The van der Waals surface area contributed by atoms with E-state index in [0.717, 1.165) is 36.1 Å². The van der Waals surface area contributed by atoms with Crippen LogP contribution in [0.15, 0.2) is 24.3 Å². The number of benzene rings is 1. The molecule has 1 aromatic heterocycles. The number of aromatic nitrogens is 1. The van der Waals surface area contributed by atoms with Gasteiger partial charge in [0.05, 0.1) is 0 Å². The molecule has 4 heteroatoms. The van der Waals surface area contributed by atoms with Crippen LogP contribution in [0.3, 0.4) is 0 Å². The minimum absolute atomic E-state index is 0.479. The third-order valence-corrected chi connectivity index (χ3v) is 4.69. The van der Waals surface area contributed by atoms with E-state index in [4.69, 9.17) is 5.73 Å². The number of pyridine rings is 1. The summed E-state index contributed by atoms with van der Waals surface area (Å²) in [4.78, 5) is 5.32. The molecule has 1 aromatic carbocycles. The molecule has 3 N–H and O–H groups in total. The van der Waals surface area contributed by atoms with Crippen molar-refractivity contribution >= 4 is 11.5 Å². The minimum Gasteiger partial charge on any atom is -0.378 e. The second-order valence-electron chi connectivity index (χ2n) is 6.65. The molecule has 0 aliphatic heterocycles. The monoisotopic (exact) mass is 307 g/mol. The number of nitriles is 1. The van der Waals surface area contributed by atoms with Crippen LogP contribution in [-0.2, 0) is 12.8 Å². The number of aromatic amines is 1. The lowest BCUT2D eigenvalue weighted by Crippen LogP contribution is -2.27. The topological polar surface area (TPSA) is 67.2 Å². The second kappa shape index (κ2) is 5.92. The van der Waals surface area contributed by atoms with Gasteiger partial charge in [-0.05, 0) is 36.5 Å². The molecular weight excluding hydrogens is 284 g/mol. The fourth-order valence-corrected chi connectivity index (χ4v) is 3.38. The highest BCUT2D eigenvalue weighted by Crippen LogP contribution is 2.36. The molecule has 0 saturated carbocycles. The number of hydrogen-bond donors (Lipinski definition) is 1. The van der Waals surface area contributed by atoms with Crippen LogP contribution in [-0.4, -0.2) is 14.1 Å². The Bertz CT molecular complexity index is 769. The average Bonchev–Trinajstić information content (AvgIpc) is 2.54. The number of nitrogens with one attached hydrogen (secondary N) is 1. The van der Waals surface area contributed by atoms with Gasteiger partial charge in [0.2, 0.25) is 0 Å². The van der Waals surface area contributed by atoms with Crippen LogP contribution in [0.25, 0.3) is 11.1 Å². The molecular formula is C19H23N4+. The van der Waals surface area contributed by atoms with Gasteiger partial charge >= 0.3 is 0 Å². The average molecular weight is 307 g/mol. The molecule has 0 unspecified atom stereocenters. The summed E-state index contributed by atoms with van der Waals surface area (Å²) in [7, 11) is 4.05. The molecule has 0 radical (unpaired) electrons. The van der Waals surface area contributed by atoms with Crippen molar-refractivity contribution < 1.29 is 4.98 Å². The van der Waals surface area contributed by atoms with Gasteiger partial charge < -0.3 is 4.90 Å². The molecule has 23 heavy (non-hydrogen) atoms. The number of nitrogen functional groups attached to an aromatic ring is 1. The number of anilines is 2. The molecule has 0 amide bonds. The van der Waals surface area contributed by atoms with E-state index < -0.39 is 0 Å². The van der Waals surface area contributed by atoms with Crippen LogP contribution in [0, 0.1) is 17.2 Å². The van der Waals surface area contributed by atoms with Gasteiger partial charge in [0.15, 0.2) is 0 Å². The molecule has 4 nitrogen and oxygen atoms in total. The van der Waals surface area contributed by atoms with Gasteiger partial charge in [0.25, 0.3) is 5.82 Å². The molecule has 1 aliphatic carbocycles. The Morgan fingerprint density at radius 1 is 1.26 bits per heavy atom. The zero-order valence-electron chi connectivity index (χ0n) is 14.0. The zero-order valence-corrected chi connectivity index (χ0v) is 14.0. The number of rotatable bonds is 2. The van der Waals surface area contributed by atoms with Gasteiger partial charge in [0, 0.05) is 37.3 Å². The minimum atomic E-state index is 0.479. The lowest BCUT2D eigenvalue weighted by Gasteiger charge is -2.23. The van der Waals surface area contributed by atoms with E-state index in [1.54, 1.807) is 0 Å². The predicted octanol–water partition coefficient (Wildman–Crippen LogP) is 2.81. The maximum Gasteiger partial charge on any atom is 0.289 e. The number of hydrogen-bond acceptors (Lipinski definition) is 3. The van der Waals surface area contributed by atoms with Crippen molar-refractivity contribution in [1.29, 1.82) is 5.26 Å². The van der Waals surface area contributed by atoms with E-state index in [-0.39, 0.29) is 0 Å². The fourth-order valence-electron chi connectivity index (χ4n) is 3.38. The Hall–Kier alpha value is -2.54. The van der Waals surface area contributed by atoms with Crippen molar-refractivity contribution in [2.45, 2.75) is 26.2 Å². The van der Waals surface area contributed by atoms with Crippen molar-refractivity contribution in [1.82, 2.24) is 0 Å². The van der Waals surface area contributed by atoms with Crippen LogP contribution in [0.4, 0.5) is 11.5 Å². The van der Waals surface area contributed by atoms with Crippen LogP contribution in [0.5, 0.6) is 0 Å². The van der Waals surface area contributed by atoms with Crippen molar-refractivity contribution in [2.75, 3.05) is 24.7 Å². The van der Waals surface area contributed by atoms with Crippen LogP contribution >= 0.6 is 0 Å². The van der Waals surface area contributed by atoms with Crippen molar-refractivity contribution in [2.24, 2.45) is 5.92 Å². The summed E-state index contributed by atoms with van der Waals surface area (Å²) < 4.78 is 0. The van der Waals surface area contributed by atoms with Gasteiger partial charge in [-0.3, -0.25) is 5.73 Å². The quantitative estimate of drug-likeness (QED) is 0.927. The summed E-state index contributed by atoms with van der Waals surface area (Å²) in [6, 6.07) is 10.6. The Morgan fingerprint density at radius 3 is 2.57 bits per heavy atom. The van der Waals surface area contributed by atoms with Gasteiger partial charge in [-0.1, -0.05) is 19.1 Å². The van der Waals surface area contributed by atoms with Gasteiger partial charge in [-0.2, -0.15) is 5.26 Å². The normalized spacial score (nSPS) is 16.5. The molecule has 1 atom stereocenters. The molecule has 1 heterocycles. The smallest absolute Gasteiger partial charge is 0.289 e. The highest BCUT2D eigenvalue weighted by atomic mass is 15.1. The first-order chi connectivity index (χ1) is 11.0. The first kappa shape index (κ1) is 15.4. The number of aryl methyl sites for hydroxylation is 1. The summed E-state index contributed by atoms with van der Waals surface area (Å²) >= 11 is 0. The van der Waals surface area contributed by atoms with Crippen LogP contribution < -0.4 is 15.6 Å². The lowest BCUT2D eigenvalue weighted by atomic mass is 9.82. The third-order valence-electron chi connectivity index (χ3n) is 4.69. The van der Waals surface area contributed by atoms with Gasteiger partial charge in [-0.15, -0.1) is 0 Å². The molecule has 1 aliphatic rings. The molecule has 0 saturated heterocycles. The molecule has 0 fully saturated rings. The Labute approximate surface area is 137 Å². The highest BCUT2D eigenvalue weighted by molar-refractivity contribution is 5.78. The molecule has 3 rings (SSSR count). The SMILES string of the molecule is C[C@H]1CCc2[nH+]c(N)c(C#N)c(-c3ccc(N(C)C)cc3)c2C1. The Balaban J connectivity index is 2.20. The Morgan fingerprint density at radius 2 is 1.96 bits per heavy atom. The first-order valence-electron chi connectivity index (χ1n) is 8.05. The zero-order chi connectivity index (χ0) is 16.6. The van der Waals surface area contributed by atoms with Crippen molar-refractivity contribution in [3.8, 4) is 17.2 Å². The number of fused-ring (bicyclic) bond motifs is 1. The molecule has 0 bridgehead atoms. The summed E-state index contributed by atoms with van der Waals surface area (Å²) in [5.41, 5.74) is 12.3. The third kappa shape index (κ3) is 2.75. The largest absolute Gasteiger partial charge is 0.378 e. The molecule has 118 valence electrons. The van der Waals surface area contributed by atoms with Gasteiger partial charge in [-0.25, -0.2) is 4.98 Å². The van der Waals surface area contributed by atoms with E-state index in [1.807, 2.05) is 14.1 Å². The molecule has 0 spiro atoms. The van der Waals surface area contributed by atoms with E-state index in [0.29, 0.717) is 17.3 Å². The summed E-state index contributed by atoms with van der Waals surface area (Å²) in [5, 5.41) is 9.61. The van der Waals surface area contributed by atoms with Crippen molar-refractivity contribution in [3.05, 3.63) is 41.1 Å². The second-order valence-corrected chi connectivity index (χ2v) is 6.65. The molecule has 2 aromatic rings. The number of nitrogens with zero attached hydrogens (tertiary/aromatic N) is 2. The number of H-pyrrole nitrogens is 1. The van der Waals surface area contributed by atoms with Crippen LogP contribution in [0.1, 0.15) is 30.2 Å². The fraction of sp³-hybridized carbons (Fsp3) is 0.368. The summed E-state index contributed by atoms with van der Waals surface area (Å²) in [6.45, 7) is 2.27. The predicted molar refractivity (Wildman–Crippen MR) is 93.1 cm³/mol. The summed E-state index contributed by atoms with van der Waals surface area (Å²) in [5.74, 6) is 1.11. The van der Waals surface area contributed by atoms with E-state index in [1.165, 1.54) is 11.3 Å². The maximum absolute atomic E-state index is 9.61. The summed E-state index contributed by atoms with van der Waals surface area (Å²) in [6.07, 6.45) is 3.15. The van der Waals surface area contributed by atoms with E-state index >= 15 is 0 Å². The van der Waals surface area contributed by atoms with E-state index in [2.05, 4.69) is 47.1 Å². The van der Waals surface area contributed by atoms with Gasteiger partial charge in [0.1, 0.15) is 17.3 Å². The lowest BCUT2D eigenvalue weighted by molar-refractivity contribution is -0.375. The van der Waals surface area contributed by atoms with Crippen molar-refractivity contribution in [3.63, 3.8) is 0 Å². The van der Waals surface area contributed by atoms with Crippen LogP contribution in [0.2, 0.25) is 0 Å². The standard InChI is InChI=1S/C19H22N4/c1-12-4-9-17-15(10-12)18(16(11-20)19(21)22-17)13-5-7-14(8-6-13)23(2)3/h5-8,12H,4,9-10H2,1-3H3,(H2,21,22)/p+1/t12-/m0/s1. The number of nitrogens with two attached hydrogens (primary N) is 1. The highest BCUT2D eigenvalue weighted by Gasteiger charge is 2.27.